The fourth-order valence-corrected chi connectivity index (χ4v) is 2.14. The predicted octanol–water partition coefficient (Wildman–Crippen LogP) is 5.21. The van der Waals surface area contributed by atoms with E-state index in [9.17, 15) is 8.78 Å². The van der Waals surface area contributed by atoms with Crippen LogP contribution in [0.2, 0.25) is 10.0 Å². The first-order valence-electron chi connectivity index (χ1n) is 5.78. The molecule has 20 heavy (non-hydrogen) atoms. The van der Waals surface area contributed by atoms with Crippen molar-refractivity contribution in [2.45, 2.75) is 13.2 Å². The molecule has 0 aromatic heterocycles. The van der Waals surface area contributed by atoms with Crippen molar-refractivity contribution >= 4 is 28.9 Å². The summed E-state index contributed by atoms with van der Waals surface area (Å²) in [6, 6.07) is 11.6. The molecule has 2 aromatic carbocycles. The summed E-state index contributed by atoms with van der Waals surface area (Å²) in [5.74, 6) is 0.0904. The molecule has 6 heteroatoms. The van der Waals surface area contributed by atoms with Crippen molar-refractivity contribution in [2.24, 2.45) is 0 Å². The molecule has 0 unspecified atom stereocenters. The van der Waals surface area contributed by atoms with Gasteiger partial charge in [-0.2, -0.15) is 8.78 Å². The first kappa shape index (κ1) is 14.9. The van der Waals surface area contributed by atoms with Crippen LogP contribution in [0.25, 0.3) is 0 Å². The van der Waals surface area contributed by atoms with Crippen LogP contribution in [0, 0.1) is 0 Å². The maximum atomic E-state index is 12.3. The van der Waals surface area contributed by atoms with Gasteiger partial charge in [-0.15, -0.1) is 0 Å². The third kappa shape index (κ3) is 3.99. The van der Waals surface area contributed by atoms with E-state index >= 15 is 0 Å². The minimum Gasteiger partial charge on any atom is -0.433 e. The molecular weight excluding hydrogens is 307 g/mol. The lowest BCUT2D eigenvalue weighted by Crippen LogP contribution is -2.06. The smallest absolute Gasteiger partial charge is 0.387 e. The average molecular weight is 318 g/mol. The molecule has 0 saturated heterocycles. The Hall–Kier alpha value is -1.52. The molecule has 0 aliphatic carbocycles. The van der Waals surface area contributed by atoms with Gasteiger partial charge in [-0.05, 0) is 29.8 Å². The highest BCUT2D eigenvalue weighted by molar-refractivity contribution is 6.35. The zero-order chi connectivity index (χ0) is 14.5. The summed E-state index contributed by atoms with van der Waals surface area (Å²) in [6.45, 7) is -2.49. The monoisotopic (exact) mass is 317 g/mol. The number of alkyl halides is 2. The second-order valence-electron chi connectivity index (χ2n) is 3.96. The highest BCUT2D eigenvalue weighted by Crippen LogP contribution is 2.27. The average Bonchev–Trinajstić information content (AvgIpc) is 2.39. The van der Waals surface area contributed by atoms with Crippen LogP contribution in [-0.2, 0) is 6.54 Å². The lowest BCUT2D eigenvalue weighted by atomic mass is 10.2. The van der Waals surface area contributed by atoms with Gasteiger partial charge in [0.2, 0.25) is 0 Å². The third-order valence-corrected chi connectivity index (χ3v) is 3.17. The van der Waals surface area contributed by atoms with E-state index in [2.05, 4.69) is 10.1 Å². The number of hydrogen-bond donors (Lipinski definition) is 1. The number of nitrogens with one attached hydrogen (secondary N) is 1. The highest BCUT2D eigenvalue weighted by atomic mass is 35.5. The predicted molar refractivity (Wildman–Crippen MR) is 76.9 cm³/mol. The van der Waals surface area contributed by atoms with Gasteiger partial charge in [0.1, 0.15) is 5.75 Å². The van der Waals surface area contributed by atoms with Gasteiger partial charge in [0, 0.05) is 16.6 Å². The van der Waals surface area contributed by atoms with Gasteiger partial charge in [0.25, 0.3) is 0 Å². The molecule has 0 aliphatic heterocycles. The molecule has 0 fully saturated rings. The summed E-state index contributed by atoms with van der Waals surface area (Å²) < 4.78 is 29.0. The van der Waals surface area contributed by atoms with E-state index in [-0.39, 0.29) is 5.75 Å². The van der Waals surface area contributed by atoms with Gasteiger partial charge < -0.3 is 10.1 Å². The van der Waals surface area contributed by atoms with Gasteiger partial charge in [-0.3, -0.25) is 0 Å². The number of anilines is 1. The van der Waals surface area contributed by atoms with Gasteiger partial charge >= 0.3 is 6.61 Å². The first-order chi connectivity index (χ1) is 9.56. The van der Waals surface area contributed by atoms with Crippen LogP contribution in [0.15, 0.2) is 42.5 Å². The molecule has 0 atom stereocenters. The Morgan fingerprint density at radius 2 is 1.85 bits per heavy atom. The molecule has 1 N–H and O–H groups in total. The maximum Gasteiger partial charge on any atom is 0.387 e. The molecule has 0 amide bonds. The summed E-state index contributed by atoms with van der Waals surface area (Å²) >= 11 is 11.9. The fourth-order valence-electron chi connectivity index (χ4n) is 1.67. The van der Waals surface area contributed by atoms with Gasteiger partial charge in [0.15, 0.2) is 0 Å². The van der Waals surface area contributed by atoms with Crippen molar-refractivity contribution in [3.05, 3.63) is 58.1 Å². The van der Waals surface area contributed by atoms with Crippen molar-refractivity contribution in [1.29, 1.82) is 0 Å². The van der Waals surface area contributed by atoms with E-state index in [0.29, 0.717) is 22.3 Å². The lowest BCUT2D eigenvalue weighted by molar-refractivity contribution is -0.0493. The standard InChI is InChI=1S/C14H11Cl2F2NO/c15-10-6-5-9(11(16)7-10)8-19-12-3-1-2-4-13(12)20-14(17)18/h1-7,14,19H,8H2. The molecule has 106 valence electrons. The minimum absolute atomic E-state index is 0.0904. The van der Waals surface area contributed by atoms with Crippen LogP contribution in [0.1, 0.15) is 5.56 Å². The van der Waals surface area contributed by atoms with Gasteiger partial charge in [-0.25, -0.2) is 0 Å². The van der Waals surface area contributed by atoms with Gasteiger partial charge in [-0.1, -0.05) is 41.4 Å². The number of ether oxygens (including phenoxy) is 1. The van der Waals surface area contributed by atoms with E-state index in [1.165, 1.54) is 6.07 Å². The summed E-state index contributed by atoms with van der Waals surface area (Å²) in [5.41, 5.74) is 1.28. The molecule has 2 aromatic rings. The van der Waals surface area contributed by atoms with Crippen LogP contribution in [0.5, 0.6) is 5.75 Å². The molecule has 2 rings (SSSR count). The lowest BCUT2D eigenvalue weighted by Gasteiger charge is -2.13. The summed E-state index contributed by atoms with van der Waals surface area (Å²) in [4.78, 5) is 0. The zero-order valence-electron chi connectivity index (χ0n) is 10.2. The largest absolute Gasteiger partial charge is 0.433 e. The Labute approximate surface area is 125 Å². The Kier molecular flexibility index (Phi) is 5.04. The van der Waals surface area contributed by atoms with E-state index < -0.39 is 6.61 Å². The SMILES string of the molecule is FC(F)Oc1ccccc1NCc1ccc(Cl)cc1Cl. The number of hydrogen-bond acceptors (Lipinski definition) is 2. The number of para-hydroxylation sites is 2. The van der Waals surface area contributed by atoms with E-state index in [0.717, 1.165) is 5.56 Å². The normalized spacial score (nSPS) is 10.7. The van der Waals surface area contributed by atoms with Crippen molar-refractivity contribution in [3.8, 4) is 5.75 Å². The molecule has 0 saturated carbocycles. The van der Waals surface area contributed by atoms with Crippen LogP contribution >= 0.6 is 23.2 Å². The second-order valence-corrected chi connectivity index (χ2v) is 4.81. The molecule has 0 spiro atoms. The van der Waals surface area contributed by atoms with Crippen LogP contribution in [0.4, 0.5) is 14.5 Å². The quantitative estimate of drug-likeness (QED) is 0.817. The molecule has 2 nitrogen and oxygen atoms in total. The number of halogens is 4. The number of rotatable bonds is 5. The Morgan fingerprint density at radius 3 is 2.55 bits per heavy atom. The zero-order valence-corrected chi connectivity index (χ0v) is 11.8. The van der Waals surface area contributed by atoms with E-state index in [4.69, 9.17) is 23.2 Å². The van der Waals surface area contributed by atoms with Crippen molar-refractivity contribution in [2.75, 3.05) is 5.32 Å². The Balaban J connectivity index is 2.10. The maximum absolute atomic E-state index is 12.3. The van der Waals surface area contributed by atoms with Crippen molar-refractivity contribution in [3.63, 3.8) is 0 Å². The van der Waals surface area contributed by atoms with Crippen LogP contribution in [0.3, 0.4) is 0 Å². The summed E-state index contributed by atoms with van der Waals surface area (Å²) in [6.07, 6.45) is 0. The van der Waals surface area contributed by atoms with Crippen LogP contribution in [-0.4, -0.2) is 6.61 Å². The van der Waals surface area contributed by atoms with E-state index in [1.54, 1.807) is 36.4 Å². The summed E-state index contributed by atoms with van der Waals surface area (Å²) in [7, 11) is 0. The molecule has 0 bridgehead atoms. The van der Waals surface area contributed by atoms with E-state index in [1.807, 2.05) is 0 Å². The fraction of sp³-hybridized carbons (Fsp3) is 0.143. The van der Waals surface area contributed by atoms with Crippen molar-refractivity contribution < 1.29 is 13.5 Å². The topological polar surface area (TPSA) is 21.3 Å². The highest BCUT2D eigenvalue weighted by Gasteiger charge is 2.09. The molecule has 0 radical (unpaired) electrons. The molecular formula is C14H11Cl2F2NO. The Bertz CT molecular complexity index is 593. The first-order valence-corrected chi connectivity index (χ1v) is 6.53. The minimum atomic E-state index is -2.86. The van der Waals surface area contributed by atoms with Gasteiger partial charge in [0.05, 0.1) is 5.69 Å². The molecule has 0 heterocycles. The van der Waals surface area contributed by atoms with Crippen LogP contribution < -0.4 is 10.1 Å². The third-order valence-electron chi connectivity index (χ3n) is 2.59. The molecule has 0 aliphatic rings. The summed E-state index contributed by atoms with van der Waals surface area (Å²) in [5, 5.41) is 4.06. The number of benzene rings is 2. The second kappa shape index (κ2) is 6.77. The van der Waals surface area contributed by atoms with Crippen molar-refractivity contribution in [1.82, 2.24) is 0 Å². The Morgan fingerprint density at radius 1 is 1.10 bits per heavy atom.